The van der Waals surface area contributed by atoms with Crippen LogP contribution in [0.5, 0.6) is 0 Å². The van der Waals surface area contributed by atoms with Crippen molar-refractivity contribution in [1.29, 1.82) is 0 Å². The second-order valence-electron chi connectivity index (χ2n) is 6.52. The summed E-state index contributed by atoms with van der Waals surface area (Å²) in [5, 5.41) is 2.79. The summed E-state index contributed by atoms with van der Waals surface area (Å²) in [6.07, 6.45) is 3.64. The van der Waals surface area contributed by atoms with Gasteiger partial charge >= 0.3 is 0 Å². The van der Waals surface area contributed by atoms with Crippen molar-refractivity contribution in [2.45, 2.75) is 19.5 Å². The Morgan fingerprint density at radius 1 is 1.08 bits per heavy atom. The van der Waals surface area contributed by atoms with Gasteiger partial charge < -0.3 is 10.2 Å². The number of nitrogens with one attached hydrogen (secondary N) is 1. The summed E-state index contributed by atoms with van der Waals surface area (Å²) in [5.74, 6) is -0.253. The summed E-state index contributed by atoms with van der Waals surface area (Å²) >= 11 is 0. The van der Waals surface area contributed by atoms with Gasteiger partial charge in [0.1, 0.15) is 6.04 Å². The van der Waals surface area contributed by atoms with E-state index < -0.39 is 6.04 Å². The Hall–Kier alpha value is -2.73. The lowest BCUT2D eigenvalue weighted by molar-refractivity contribution is -0.134. The molecule has 1 atom stereocenters. The normalized spacial score (nSPS) is 16.1. The number of rotatable bonds is 5. The van der Waals surface area contributed by atoms with E-state index in [-0.39, 0.29) is 11.8 Å². The van der Waals surface area contributed by atoms with Crippen LogP contribution in [-0.2, 0) is 11.3 Å². The van der Waals surface area contributed by atoms with Crippen molar-refractivity contribution in [3.05, 3.63) is 66.0 Å². The van der Waals surface area contributed by atoms with E-state index in [1.165, 1.54) is 5.56 Å². The van der Waals surface area contributed by atoms with Gasteiger partial charge in [0.25, 0.3) is 5.91 Å². The Labute approximate surface area is 153 Å². The predicted molar refractivity (Wildman–Crippen MR) is 99.5 cm³/mol. The zero-order valence-electron chi connectivity index (χ0n) is 15.0. The number of carbonyl (C=O) groups is 2. The second kappa shape index (κ2) is 8.58. The van der Waals surface area contributed by atoms with Gasteiger partial charge in [0.05, 0.1) is 0 Å². The topological polar surface area (TPSA) is 65.5 Å². The number of benzene rings is 1. The molecule has 0 aliphatic carbocycles. The summed E-state index contributed by atoms with van der Waals surface area (Å²) in [5.41, 5.74) is 1.74. The first kappa shape index (κ1) is 18.1. The van der Waals surface area contributed by atoms with E-state index in [1.807, 2.05) is 35.4 Å². The van der Waals surface area contributed by atoms with E-state index in [0.29, 0.717) is 18.7 Å². The fourth-order valence-electron chi connectivity index (χ4n) is 3.08. The van der Waals surface area contributed by atoms with Crippen LogP contribution in [-0.4, -0.2) is 58.8 Å². The highest BCUT2D eigenvalue weighted by atomic mass is 16.2. The number of aromatic nitrogens is 1. The van der Waals surface area contributed by atoms with Gasteiger partial charge in [-0.2, -0.15) is 0 Å². The maximum atomic E-state index is 12.6. The van der Waals surface area contributed by atoms with Crippen LogP contribution < -0.4 is 5.32 Å². The van der Waals surface area contributed by atoms with Gasteiger partial charge in [-0.25, -0.2) is 0 Å². The van der Waals surface area contributed by atoms with Crippen LogP contribution in [0.25, 0.3) is 0 Å². The molecule has 1 N–H and O–H groups in total. The zero-order valence-corrected chi connectivity index (χ0v) is 15.0. The van der Waals surface area contributed by atoms with Crippen LogP contribution in [0.15, 0.2) is 54.9 Å². The maximum absolute atomic E-state index is 12.6. The zero-order chi connectivity index (χ0) is 18.4. The van der Waals surface area contributed by atoms with Crippen molar-refractivity contribution < 1.29 is 9.59 Å². The molecule has 1 saturated heterocycles. The molecule has 1 aromatic carbocycles. The first-order chi connectivity index (χ1) is 12.6. The quantitative estimate of drug-likeness (QED) is 0.887. The van der Waals surface area contributed by atoms with Crippen LogP contribution in [0.2, 0.25) is 0 Å². The van der Waals surface area contributed by atoms with E-state index in [4.69, 9.17) is 0 Å². The van der Waals surface area contributed by atoms with E-state index in [2.05, 4.69) is 21.3 Å². The number of nitrogens with zero attached hydrogens (tertiary/aromatic N) is 3. The summed E-state index contributed by atoms with van der Waals surface area (Å²) in [7, 11) is 0. The molecule has 6 nitrogen and oxygen atoms in total. The Kier molecular flexibility index (Phi) is 5.96. The fraction of sp³-hybridized carbons (Fsp3) is 0.350. The minimum absolute atomic E-state index is 0.0321. The van der Waals surface area contributed by atoms with Crippen molar-refractivity contribution >= 4 is 11.8 Å². The standard InChI is InChI=1S/C20H24N4O2/c1-16(22-19(25)18-7-3-2-4-8-18)20(26)24-12-10-23(11-13-24)15-17-6-5-9-21-14-17/h2-9,14,16H,10-13,15H2,1H3,(H,22,25). The van der Waals surface area contributed by atoms with Crippen LogP contribution >= 0.6 is 0 Å². The lowest BCUT2D eigenvalue weighted by Crippen LogP contribution is -2.53. The summed E-state index contributed by atoms with van der Waals surface area (Å²) in [4.78, 5) is 33.1. The van der Waals surface area contributed by atoms with Crippen LogP contribution in [0, 0.1) is 0 Å². The lowest BCUT2D eigenvalue weighted by atomic mass is 10.2. The molecule has 1 aromatic heterocycles. The van der Waals surface area contributed by atoms with Gasteiger partial charge in [0.2, 0.25) is 5.91 Å². The highest BCUT2D eigenvalue weighted by Gasteiger charge is 2.26. The monoisotopic (exact) mass is 352 g/mol. The smallest absolute Gasteiger partial charge is 0.251 e. The third-order valence-corrected chi connectivity index (χ3v) is 4.57. The lowest BCUT2D eigenvalue weighted by Gasteiger charge is -2.36. The second-order valence-corrected chi connectivity index (χ2v) is 6.52. The first-order valence-electron chi connectivity index (χ1n) is 8.89. The van der Waals surface area contributed by atoms with Crippen molar-refractivity contribution in [2.24, 2.45) is 0 Å². The molecule has 2 aromatic rings. The molecular weight excluding hydrogens is 328 g/mol. The molecule has 136 valence electrons. The van der Waals surface area contributed by atoms with Gasteiger partial charge in [-0.3, -0.25) is 19.5 Å². The molecule has 1 aliphatic heterocycles. The highest BCUT2D eigenvalue weighted by molar-refractivity contribution is 5.97. The van der Waals surface area contributed by atoms with Crippen molar-refractivity contribution in [3.63, 3.8) is 0 Å². The predicted octanol–water partition coefficient (Wildman–Crippen LogP) is 1.54. The Balaban J connectivity index is 1.47. The molecule has 1 unspecified atom stereocenters. The number of hydrogen-bond acceptors (Lipinski definition) is 4. The Bertz CT molecular complexity index is 728. The first-order valence-corrected chi connectivity index (χ1v) is 8.89. The van der Waals surface area contributed by atoms with Gasteiger partial charge in [0.15, 0.2) is 0 Å². The molecule has 2 heterocycles. The van der Waals surface area contributed by atoms with Crippen LogP contribution in [0.4, 0.5) is 0 Å². The number of hydrogen-bond donors (Lipinski definition) is 1. The fourth-order valence-corrected chi connectivity index (χ4v) is 3.08. The third-order valence-electron chi connectivity index (χ3n) is 4.57. The number of pyridine rings is 1. The van der Waals surface area contributed by atoms with E-state index >= 15 is 0 Å². The number of amides is 2. The minimum Gasteiger partial charge on any atom is -0.341 e. The van der Waals surface area contributed by atoms with Gasteiger partial charge in [-0.1, -0.05) is 24.3 Å². The number of piperazine rings is 1. The van der Waals surface area contributed by atoms with Gasteiger partial charge in [-0.15, -0.1) is 0 Å². The molecule has 1 aliphatic rings. The molecule has 0 radical (unpaired) electrons. The third kappa shape index (κ3) is 4.67. The van der Waals surface area contributed by atoms with Gasteiger partial charge in [0, 0.05) is 50.7 Å². The molecule has 6 heteroatoms. The molecule has 1 fully saturated rings. The minimum atomic E-state index is -0.535. The van der Waals surface area contributed by atoms with Crippen molar-refractivity contribution in [1.82, 2.24) is 20.1 Å². The van der Waals surface area contributed by atoms with Crippen LogP contribution in [0.1, 0.15) is 22.8 Å². The SMILES string of the molecule is CC(NC(=O)c1ccccc1)C(=O)N1CCN(Cc2cccnc2)CC1. The average molecular weight is 352 g/mol. The molecule has 0 saturated carbocycles. The summed E-state index contributed by atoms with van der Waals surface area (Å²) < 4.78 is 0. The summed E-state index contributed by atoms with van der Waals surface area (Å²) in [6.45, 7) is 5.57. The van der Waals surface area contributed by atoms with Gasteiger partial charge in [-0.05, 0) is 30.7 Å². The van der Waals surface area contributed by atoms with E-state index in [0.717, 1.165) is 19.6 Å². The van der Waals surface area contributed by atoms with E-state index in [9.17, 15) is 9.59 Å². The molecule has 2 amide bonds. The molecule has 0 spiro atoms. The van der Waals surface area contributed by atoms with E-state index in [1.54, 1.807) is 25.3 Å². The Morgan fingerprint density at radius 3 is 2.46 bits per heavy atom. The Morgan fingerprint density at radius 2 is 1.81 bits per heavy atom. The number of carbonyl (C=O) groups excluding carboxylic acids is 2. The van der Waals surface area contributed by atoms with Crippen molar-refractivity contribution in [2.75, 3.05) is 26.2 Å². The molecule has 26 heavy (non-hydrogen) atoms. The average Bonchev–Trinajstić information content (AvgIpc) is 2.69. The van der Waals surface area contributed by atoms with Crippen molar-refractivity contribution in [3.8, 4) is 0 Å². The molecule has 3 rings (SSSR count). The molecular formula is C20H24N4O2. The molecule has 0 bridgehead atoms. The van der Waals surface area contributed by atoms with Crippen LogP contribution in [0.3, 0.4) is 0 Å². The summed E-state index contributed by atoms with van der Waals surface area (Å²) in [6, 6.07) is 12.4. The maximum Gasteiger partial charge on any atom is 0.251 e. The highest BCUT2D eigenvalue weighted by Crippen LogP contribution is 2.09. The largest absolute Gasteiger partial charge is 0.341 e.